The number of amides is 1. The van der Waals surface area contributed by atoms with Crippen molar-refractivity contribution in [2.75, 3.05) is 18.1 Å². The van der Waals surface area contributed by atoms with Crippen molar-refractivity contribution in [3.8, 4) is 12.1 Å². The van der Waals surface area contributed by atoms with Crippen LogP contribution in [0, 0.1) is 33.5 Å². The SMILES string of the molecule is CCOC1(OCC)N=C(N)[C@]2(C#N)[C@@]3(C(=O)N(Cc4ccccc4)c4ccccc43)[C@]12C#N. The summed E-state index contributed by atoms with van der Waals surface area (Å²) in [6.07, 6.45) is 0. The number of nitrogens with zero attached hydrogens (tertiary/aromatic N) is 4. The number of hydrogen-bond donors (Lipinski definition) is 1. The van der Waals surface area contributed by atoms with Crippen LogP contribution in [0.5, 0.6) is 0 Å². The van der Waals surface area contributed by atoms with Crippen LogP contribution in [0.25, 0.3) is 0 Å². The van der Waals surface area contributed by atoms with Crippen LogP contribution in [0.3, 0.4) is 0 Å². The first-order valence-corrected chi connectivity index (χ1v) is 10.9. The molecule has 1 aliphatic carbocycles. The van der Waals surface area contributed by atoms with Crippen LogP contribution in [-0.4, -0.2) is 30.9 Å². The zero-order valence-electron chi connectivity index (χ0n) is 18.4. The average molecular weight is 441 g/mol. The molecule has 3 aliphatic rings. The van der Waals surface area contributed by atoms with Gasteiger partial charge in [-0.05, 0) is 31.0 Å². The maximum Gasteiger partial charge on any atom is 0.294 e. The molecule has 0 aromatic heterocycles. The average Bonchev–Trinajstić information content (AvgIpc) is 3.24. The molecule has 8 heteroatoms. The molecule has 0 saturated heterocycles. The van der Waals surface area contributed by atoms with E-state index in [2.05, 4.69) is 17.1 Å². The van der Waals surface area contributed by atoms with Crippen molar-refractivity contribution in [3.63, 3.8) is 0 Å². The van der Waals surface area contributed by atoms with E-state index in [0.29, 0.717) is 11.3 Å². The van der Waals surface area contributed by atoms with E-state index in [1.807, 2.05) is 42.5 Å². The van der Waals surface area contributed by atoms with Gasteiger partial charge in [-0.15, -0.1) is 0 Å². The van der Waals surface area contributed by atoms with Gasteiger partial charge < -0.3 is 20.1 Å². The number of anilines is 1. The molecule has 2 heterocycles. The lowest BCUT2D eigenvalue weighted by Gasteiger charge is -2.33. The molecule has 8 nitrogen and oxygen atoms in total. The summed E-state index contributed by atoms with van der Waals surface area (Å²) in [4.78, 5) is 20.3. The number of ether oxygens (including phenoxy) is 2. The normalized spacial score (nSPS) is 30.4. The number of nitriles is 2. The Balaban J connectivity index is 1.78. The van der Waals surface area contributed by atoms with Gasteiger partial charge in [-0.2, -0.15) is 10.5 Å². The predicted molar refractivity (Wildman–Crippen MR) is 119 cm³/mol. The highest BCUT2D eigenvalue weighted by Gasteiger charge is 3.05. The number of hydrogen-bond acceptors (Lipinski definition) is 7. The second kappa shape index (κ2) is 6.89. The summed E-state index contributed by atoms with van der Waals surface area (Å²) in [6, 6.07) is 21.3. The minimum Gasteiger partial charge on any atom is -0.386 e. The smallest absolute Gasteiger partial charge is 0.294 e. The third kappa shape index (κ3) is 2.02. The fourth-order valence-electron chi connectivity index (χ4n) is 6.03. The second-order valence-corrected chi connectivity index (χ2v) is 8.31. The molecule has 2 aliphatic heterocycles. The minimum atomic E-state index is -1.86. The van der Waals surface area contributed by atoms with Gasteiger partial charge in [-0.25, -0.2) is 4.99 Å². The van der Waals surface area contributed by atoms with E-state index in [9.17, 15) is 15.3 Å². The van der Waals surface area contributed by atoms with Crippen LogP contribution in [0.15, 0.2) is 59.6 Å². The number of nitrogens with two attached hydrogens (primary N) is 1. The molecule has 1 amide bonds. The summed E-state index contributed by atoms with van der Waals surface area (Å²) in [5.74, 6) is -2.35. The number of carbonyl (C=O) groups is 1. The summed E-state index contributed by atoms with van der Waals surface area (Å²) in [6.45, 7) is 4.08. The summed E-state index contributed by atoms with van der Waals surface area (Å²) in [7, 11) is 0. The first-order chi connectivity index (χ1) is 16.0. The standard InChI is InChI=1S/C25H23N5O3/c1-3-32-25(33-4-2)23(16-27)22(15-26,20(28)29-25)24(23)18-12-8-9-13-19(18)30(21(24)31)14-17-10-6-5-7-11-17/h5-13H,3-4,14H2,1-2H3,(H2,28,29)/t22-,23+,24+/m0/s1. The molecular weight excluding hydrogens is 418 g/mol. The fraction of sp³-hybridized carbons (Fsp3) is 0.360. The monoisotopic (exact) mass is 441 g/mol. The molecule has 0 radical (unpaired) electrons. The molecule has 33 heavy (non-hydrogen) atoms. The van der Waals surface area contributed by atoms with E-state index in [-0.39, 0.29) is 31.5 Å². The lowest BCUT2D eigenvalue weighted by molar-refractivity contribution is -0.257. The number of amidine groups is 1. The van der Waals surface area contributed by atoms with Crippen LogP contribution >= 0.6 is 0 Å². The van der Waals surface area contributed by atoms with Crippen molar-refractivity contribution < 1.29 is 14.3 Å². The Morgan fingerprint density at radius 3 is 2.24 bits per heavy atom. The number of benzene rings is 2. The summed E-state index contributed by atoms with van der Waals surface area (Å²) in [5, 5.41) is 21.2. The number of para-hydroxylation sites is 1. The minimum absolute atomic E-state index is 0.113. The Labute approximate surface area is 191 Å². The van der Waals surface area contributed by atoms with E-state index >= 15 is 0 Å². The van der Waals surface area contributed by atoms with E-state index in [4.69, 9.17) is 15.2 Å². The van der Waals surface area contributed by atoms with E-state index < -0.39 is 22.2 Å². The maximum atomic E-state index is 14.3. The fourth-order valence-corrected chi connectivity index (χ4v) is 6.03. The van der Waals surface area contributed by atoms with Crippen LogP contribution in [0.1, 0.15) is 25.0 Å². The van der Waals surface area contributed by atoms with E-state index in [1.54, 1.807) is 30.9 Å². The topological polar surface area (TPSA) is 125 Å². The van der Waals surface area contributed by atoms with Gasteiger partial charge in [0.15, 0.2) is 10.8 Å². The largest absolute Gasteiger partial charge is 0.386 e. The zero-order chi connectivity index (χ0) is 23.5. The highest BCUT2D eigenvalue weighted by atomic mass is 16.7. The molecule has 2 N–H and O–H groups in total. The van der Waals surface area contributed by atoms with Gasteiger partial charge in [0.05, 0.1) is 18.7 Å². The zero-order valence-corrected chi connectivity index (χ0v) is 18.4. The molecule has 1 spiro atoms. The van der Waals surface area contributed by atoms with Crippen LogP contribution in [0.2, 0.25) is 0 Å². The van der Waals surface area contributed by atoms with E-state index in [0.717, 1.165) is 5.56 Å². The predicted octanol–water partition coefficient (Wildman–Crippen LogP) is 2.60. The lowest BCUT2D eigenvalue weighted by atomic mass is 9.84. The summed E-state index contributed by atoms with van der Waals surface area (Å²) < 4.78 is 11.9. The number of carbonyl (C=O) groups excluding carboxylic acids is 1. The summed E-state index contributed by atoms with van der Waals surface area (Å²) >= 11 is 0. The van der Waals surface area contributed by atoms with Gasteiger partial charge in [0.25, 0.3) is 5.91 Å². The lowest BCUT2D eigenvalue weighted by Crippen LogP contribution is -2.49. The van der Waals surface area contributed by atoms with Gasteiger partial charge >= 0.3 is 0 Å². The molecule has 0 unspecified atom stereocenters. The Hall–Kier alpha value is -3.72. The number of rotatable bonds is 6. The van der Waals surface area contributed by atoms with Crippen LogP contribution < -0.4 is 10.6 Å². The Bertz CT molecular complexity index is 1260. The first-order valence-electron chi connectivity index (χ1n) is 10.9. The van der Waals surface area contributed by atoms with Crippen molar-refractivity contribution >= 4 is 17.4 Å². The highest BCUT2D eigenvalue weighted by Crippen LogP contribution is 2.87. The van der Waals surface area contributed by atoms with Crippen LogP contribution in [0.4, 0.5) is 5.69 Å². The van der Waals surface area contributed by atoms with Gasteiger partial charge in [0, 0.05) is 18.9 Å². The highest BCUT2D eigenvalue weighted by molar-refractivity contribution is 6.21. The molecular formula is C25H23N5O3. The molecule has 1 fully saturated rings. The van der Waals surface area contributed by atoms with Gasteiger partial charge in [-0.3, -0.25) is 4.79 Å². The summed E-state index contributed by atoms with van der Waals surface area (Å²) in [5.41, 5.74) is 3.43. The number of fused-ring (bicyclic) bond motifs is 5. The molecule has 2 aromatic rings. The molecule has 166 valence electrons. The Kier molecular flexibility index (Phi) is 4.41. The van der Waals surface area contributed by atoms with Crippen molar-refractivity contribution in [1.82, 2.24) is 0 Å². The van der Waals surface area contributed by atoms with Crippen LogP contribution in [-0.2, 0) is 26.2 Å². The molecule has 2 aromatic carbocycles. The van der Waals surface area contributed by atoms with Crippen molar-refractivity contribution in [1.29, 1.82) is 10.5 Å². The first kappa shape index (κ1) is 21.1. The quantitative estimate of drug-likeness (QED) is 0.687. The Morgan fingerprint density at radius 2 is 1.64 bits per heavy atom. The Morgan fingerprint density at radius 1 is 1.00 bits per heavy atom. The molecule has 5 rings (SSSR count). The second-order valence-electron chi connectivity index (χ2n) is 8.31. The van der Waals surface area contributed by atoms with E-state index in [1.165, 1.54) is 0 Å². The number of aliphatic imine (C=N–C) groups is 1. The van der Waals surface area contributed by atoms with Gasteiger partial charge in [-0.1, -0.05) is 48.5 Å². The van der Waals surface area contributed by atoms with Crippen molar-refractivity contribution in [2.45, 2.75) is 31.7 Å². The molecule has 3 atom stereocenters. The maximum absolute atomic E-state index is 14.3. The van der Waals surface area contributed by atoms with Crippen molar-refractivity contribution in [3.05, 3.63) is 65.7 Å². The van der Waals surface area contributed by atoms with Crippen molar-refractivity contribution in [2.24, 2.45) is 21.6 Å². The molecule has 1 saturated carbocycles. The van der Waals surface area contributed by atoms with Gasteiger partial charge in [0.2, 0.25) is 5.91 Å². The third-order valence-electron chi connectivity index (χ3n) is 7.11. The molecule has 0 bridgehead atoms. The van der Waals surface area contributed by atoms with Gasteiger partial charge in [0.1, 0.15) is 11.3 Å². The third-order valence-corrected chi connectivity index (χ3v) is 7.11.